The van der Waals surface area contributed by atoms with E-state index in [-0.39, 0.29) is 61.5 Å². The second-order valence-corrected chi connectivity index (χ2v) is 9.01. The van der Waals surface area contributed by atoms with Gasteiger partial charge in [-0.25, -0.2) is 13.2 Å². The largest absolute Gasteiger partial charge is 0.396 e. The van der Waals surface area contributed by atoms with Crippen molar-refractivity contribution in [3.05, 3.63) is 107 Å². The van der Waals surface area contributed by atoms with Gasteiger partial charge in [-0.05, 0) is 23.8 Å². The first-order valence-electron chi connectivity index (χ1n) is 12.4. The molecule has 0 spiro atoms. The van der Waals surface area contributed by atoms with Gasteiger partial charge in [0.1, 0.15) is 29.8 Å². The lowest BCUT2D eigenvalue weighted by atomic mass is 9.94. The number of nitrogens with two attached hydrogens (primary N) is 1. The lowest BCUT2D eigenvalue weighted by molar-refractivity contribution is -0.131. The topological polar surface area (TPSA) is 122 Å². The molecule has 3 atom stereocenters. The number of amides is 1. The first-order chi connectivity index (χ1) is 19.2. The normalized spacial score (nSPS) is 15.9. The number of ether oxygens (including phenoxy) is 1. The number of ketones is 1. The maximum atomic E-state index is 13.3. The first-order valence-corrected chi connectivity index (χ1v) is 12.9. The number of hydrogen-bond donors (Lipinski definition) is 4. The molecule has 0 aromatic heterocycles. The number of rotatable bonds is 8. The molecule has 4 rings (SSSR count). The van der Waals surface area contributed by atoms with Crippen molar-refractivity contribution in [1.82, 2.24) is 5.32 Å². The first kappa shape index (κ1) is 32.9. The van der Waals surface area contributed by atoms with E-state index in [1.165, 1.54) is 18.2 Å². The molecule has 1 heterocycles. The molecule has 216 valence electrons. The van der Waals surface area contributed by atoms with Gasteiger partial charge in [0, 0.05) is 23.5 Å². The molecule has 0 radical (unpaired) electrons. The molecule has 7 nitrogen and oxygen atoms in total. The summed E-state index contributed by atoms with van der Waals surface area (Å²) in [7, 11) is 0. The van der Waals surface area contributed by atoms with Crippen LogP contribution in [0, 0.1) is 17.5 Å². The Hall–Kier alpha value is -3.28. The Kier molecular flexibility index (Phi) is 14.3. The number of Topliss-reactive ketones (excluding diaryl/α,β-unsaturated/α-hetero) is 1. The van der Waals surface area contributed by atoms with Gasteiger partial charge in [0.15, 0.2) is 0 Å². The zero-order valence-electron chi connectivity index (χ0n) is 21.6. The Bertz CT molecular complexity index is 1230. The number of carbonyl (C=O) groups is 2. The minimum absolute atomic E-state index is 0.0605. The number of aliphatic hydroxyl groups is 2. The second kappa shape index (κ2) is 17.4. The van der Waals surface area contributed by atoms with Gasteiger partial charge in [-0.15, -0.1) is 11.6 Å². The second-order valence-electron chi connectivity index (χ2n) is 8.74. The van der Waals surface area contributed by atoms with Gasteiger partial charge in [-0.2, -0.15) is 0 Å². The summed E-state index contributed by atoms with van der Waals surface area (Å²) in [5.41, 5.74) is 6.59. The molecule has 3 aromatic rings. The minimum Gasteiger partial charge on any atom is -0.396 e. The summed E-state index contributed by atoms with van der Waals surface area (Å²) in [6.45, 7) is -0.109. The van der Waals surface area contributed by atoms with Crippen molar-refractivity contribution in [2.75, 3.05) is 32.3 Å². The summed E-state index contributed by atoms with van der Waals surface area (Å²) in [6, 6.07) is 17.7. The average Bonchev–Trinajstić information content (AvgIpc) is 2.97. The number of carbonyl (C=O) groups excluding carboxylic acids is 2. The molecule has 40 heavy (non-hydrogen) atoms. The minimum atomic E-state index is -0.615. The molecular formula is C29H32ClF3N2O5. The lowest BCUT2D eigenvalue weighted by Gasteiger charge is -2.23. The number of hydrogen-bond acceptors (Lipinski definition) is 6. The van der Waals surface area contributed by atoms with Gasteiger partial charge in [0.05, 0.1) is 37.8 Å². The fourth-order valence-electron chi connectivity index (χ4n) is 3.75. The van der Waals surface area contributed by atoms with Crippen LogP contribution in [0.15, 0.2) is 72.8 Å². The Balaban J connectivity index is 0.000000213. The third kappa shape index (κ3) is 10.4. The highest BCUT2D eigenvalue weighted by molar-refractivity contribution is 6.27. The predicted molar refractivity (Wildman–Crippen MR) is 145 cm³/mol. The van der Waals surface area contributed by atoms with Crippen LogP contribution >= 0.6 is 11.6 Å². The SMILES string of the molecule is NC(CO)c1ccccc1F.O=C(CCl)CC(CO)c1ccccc1F.O=C1COCC(c2ccccc2F)N1. The van der Waals surface area contributed by atoms with Crippen molar-refractivity contribution in [3.8, 4) is 0 Å². The number of halogens is 4. The summed E-state index contributed by atoms with van der Waals surface area (Å²) in [4.78, 5) is 22.1. The molecule has 0 saturated carbocycles. The van der Waals surface area contributed by atoms with Crippen LogP contribution in [0.3, 0.4) is 0 Å². The molecule has 11 heteroatoms. The van der Waals surface area contributed by atoms with E-state index in [0.29, 0.717) is 23.3 Å². The standard InChI is InChI=1S/C11H12ClFO2.C10H10FNO2.C8H10FNO/c12-6-9(15)5-8(7-14)10-3-1-2-4-11(10)13;11-8-4-2-1-3-7(8)9-5-14-6-10(13)12-9;9-7-4-2-1-3-6(7)8(10)5-11/h1-4,8,14H,5-7H2;1-4,9H,5-6H2,(H,12,13);1-4,8,11H,5,10H2. The van der Waals surface area contributed by atoms with Crippen molar-refractivity contribution >= 4 is 23.3 Å². The molecule has 0 bridgehead atoms. The Morgan fingerprint density at radius 1 is 0.925 bits per heavy atom. The highest BCUT2D eigenvalue weighted by Gasteiger charge is 2.22. The van der Waals surface area contributed by atoms with Gasteiger partial charge in [-0.3, -0.25) is 9.59 Å². The highest BCUT2D eigenvalue weighted by Crippen LogP contribution is 2.22. The molecule has 1 saturated heterocycles. The quantitative estimate of drug-likeness (QED) is 0.300. The number of morpholine rings is 1. The van der Waals surface area contributed by atoms with Gasteiger partial charge in [-0.1, -0.05) is 54.6 Å². The molecule has 0 aliphatic carbocycles. The van der Waals surface area contributed by atoms with Crippen molar-refractivity contribution < 1.29 is 37.7 Å². The van der Waals surface area contributed by atoms with E-state index in [1.807, 2.05) is 0 Å². The Morgan fingerprint density at radius 3 is 1.98 bits per heavy atom. The summed E-state index contributed by atoms with van der Waals surface area (Å²) in [5.74, 6) is -2.09. The van der Waals surface area contributed by atoms with Crippen LogP contribution in [0.4, 0.5) is 13.2 Å². The smallest absolute Gasteiger partial charge is 0.246 e. The van der Waals surface area contributed by atoms with Crippen LogP contribution in [-0.2, 0) is 14.3 Å². The molecule has 1 aliphatic heterocycles. The number of benzene rings is 3. The predicted octanol–water partition coefficient (Wildman–Crippen LogP) is 3.93. The summed E-state index contributed by atoms with van der Waals surface area (Å²) < 4.78 is 44.5. The molecular weight excluding hydrogens is 549 g/mol. The van der Waals surface area contributed by atoms with Crippen LogP contribution in [0.25, 0.3) is 0 Å². The maximum Gasteiger partial charge on any atom is 0.246 e. The van der Waals surface area contributed by atoms with E-state index in [2.05, 4.69) is 5.32 Å². The molecule has 1 fully saturated rings. The monoisotopic (exact) mass is 580 g/mol. The van der Waals surface area contributed by atoms with E-state index in [9.17, 15) is 22.8 Å². The van der Waals surface area contributed by atoms with Crippen LogP contribution in [0.2, 0.25) is 0 Å². The van der Waals surface area contributed by atoms with Gasteiger partial charge < -0.3 is 26.0 Å². The Morgan fingerprint density at radius 2 is 1.48 bits per heavy atom. The van der Waals surface area contributed by atoms with Gasteiger partial charge >= 0.3 is 0 Å². The average molecular weight is 581 g/mol. The van der Waals surface area contributed by atoms with E-state index in [1.54, 1.807) is 54.6 Å². The van der Waals surface area contributed by atoms with Gasteiger partial charge in [0.25, 0.3) is 0 Å². The molecule has 3 unspecified atom stereocenters. The molecule has 5 N–H and O–H groups in total. The molecule has 3 aromatic carbocycles. The molecule has 1 amide bonds. The van der Waals surface area contributed by atoms with Crippen LogP contribution in [0.1, 0.15) is 41.1 Å². The van der Waals surface area contributed by atoms with Crippen LogP contribution < -0.4 is 11.1 Å². The van der Waals surface area contributed by atoms with Crippen molar-refractivity contribution in [1.29, 1.82) is 0 Å². The van der Waals surface area contributed by atoms with E-state index < -0.39 is 17.8 Å². The summed E-state index contributed by atoms with van der Waals surface area (Å²) in [5, 5.41) is 20.4. The third-order valence-electron chi connectivity index (χ3n) is 5.82. The summed E-state index contributed by atoms with van der Waals surface area (Å²) in [6.07, 6.45) is 0.0704. The maximum absolute atomic E-state index is 13.3. The van der Waals surface area contributed by atoms with Gasteiger partial charge in [0.2, 0.25) is 5.91 Å². The highest BCUT2D eigenvalue weighted by atomic mass is 35.5. The molecule has 1 aliphatic rings. The fraction of sp³-hybridized carbons (Fsp3) is 0.310. The van der Waals surface area contributed by atoms with E-state index >= 15 is 0 Å². The zero-order valence-corrected chi connectivity index (χ0v) is 22.4. The van der Waals surface area contributed by atoms with Crippen LogP contribution in [0.5, 0.6) is 0 Å². The number of alkyl halides is 1. The van der Waals surface area contributed by atoms with Crippen molar-refractivity contribution in [3.63, 3.8) is 0 Å². The Labute approximate surface area is 235 Å². The third-order valence-corrected chi connectivity index (χ3v) is 6.12. The number of aliphatic hydroxyl groups excluding tert-OH is 2. The van der Waals surface area contributed by atoms with Crippen molar-refractivity contribution in [2.45, 2.75) is 24.4 Å². The van der Waals surface area contributed by atoms with Crippen molar-refractivity contribution in [2.24, 2.45) is 5.73 Å². The van der Waals surface area contributed by atoms with E-state index in [0.717, 1.165) is 0 Å². The van der Waals surface area contributed by atoms with E-state index in [4.69, 9.17) is 32.3 Å². The van der Waals surface area contributed by atoms with Crippen LogP contribution in [-0.4, -0.2) is 54.2 Å². The lowest BCUT2D eigenvalue weighted by Crippen LogP contribution is -2.40. The number of nitrogens with one attached hydrogen (secondary N) is 1. The fourth-order valence-corrected chi connectivity index (χ4v) is 3.86. The zero-order chi connectivity index (χ0) is 29.5. The summed E-state index contributed by atoms with van der Waals surface area (Å²) >= 11 is 5.36.